The molecule has 24 heavy (non-hydrogen) atoms. The lowest BCUT2D eigenvalue weighted by atomic mass is 9.78. The van der Waals surface area contributed by atoms with Crippen molar-refractivity contribution in [1.82, 2.24) is 0 Å². The molecule has 2 bridgehead atoms. The van der Waals surface area contributed by atoms with E-state index in [0.29, 0.717) is 11.7 Å². The first-order chi connectivity index (χ1) is 11.6. The van der Waals surface area contributed by atoms with Crippen LogP contribution in [0.2, 0.25) is 0 Å². The molecule has 1 N–H and O–H groups in total. The van der Waals surface area contributed by atoms with E-state index in [9.17, 15) is 5.11 Å². The SMILES string of the molecule is CC.CC.CCc1cc(C)cc(C2CC(C)CC3CCC2C3)c1O. The molecule has 0 saturated heterocycles. The number of hydrogen-bond acceptors (Lipinski definition) is 1. The van der Waals surface area contributed by atoms with Gasteiger partial charge in [0, 0.05) is 0 Å². The van der Waals surface area contributed by atoms with Gasteiger partial charge in [-0.25, -0.2) is 0 Å². The lowest BCUT2D eigenvalue weighted by Crippen LogP contribution is -2.13. The Balaban J connectivity index is 0.000000671. The van der Waals surface area contributed by atoms with Crippen LogP contribution in [0.25, 0.3) is 0 Å². The molecule has 0 spiro atoms. The van der Waals surface area contributed by atoms with E-state index in [0.717, 1.165) is 29.7 Å². The third-order valence-electron chi connectivity index (χ3n) is 5.69. The number of rotatable bonds is 2. The lowest BCUT2D eigenvalue weighted by molar-refractivity contribution is 0.346. The molecule has 2 aliphatic carbocycles. The second-order valence-corrected chi connectivity index (χ2v) is 7.34. The first kappa shape index (κ1) is 21.1. The Hall–Kier alpha value is -0.980. The van der Waals surface area contributed by atoms with Crippen molar-refractivity contribution < 1.29 is 5.11 Å². The highest BCUT2D eigenvalue weighted by molar-refractivity contribution is 5.46. The lowest BCUT2D eigenvalue weighted by Gasteiger charge is -2.27. The minimum atomic E-state index is 0.586. The maximum atomic E-state index is 10.7. The molecular weight excluding hydrogens is 292 g/mol. The van der Waals surface area contributed by atoms with Crippen molar-refractivity contribution in [1.29, 1.82) is 0 Å². The Bertz CT molecular complexity index is 491. The summed E-state index contributed by atoms with van der Waals surface area (Å²) >= 11 is 0. The summed E-state index contributed by atoms with van der Waals surface area (Å²) in [6.45, 7) is 14.7. The molecule has 0 amide bonds. The minimum absolute atomic E-state index is 0.586. The third-order valence-corrected chi connectivity index (χ3v) is 5.69. The summed E-state index contributed by atoms with van der Waals surface area (Å²) in [4.78, 5) is 0. The average Bonchev–Trinajstić information content (AvgIpc) is 2.99. The predicted molar refractivity (Wildman–Crippen MR) is 107 cm³/mol. The quantitative estimate of drug-likeness (QED) is 0.605. The van der Waals surface area contributed by atoms with Crippen LogP contribution in [0.1, 0.15) is 96.3 Å². The molecule has 3 rings (SSSR count). The number of aryl methyl sites for hydroxylation is 2. The first-order valence-corrected chi connectivity index (χ1v) is 10.4. The fourth-order valence-electron chi connectivity index (χ4n) is 4.80. The zero-order chi connectivity index (χ0) is 18.3. The standard InChI is InChI=1S/C19H28O.2C2H6/c1-4-15-8-13(3)10-18(19(15)20)17-9-12(2)7-14-5-6-16(17)11-14;2*1-2/h8,10,12,14,16-17,20H,4-7,9,11H2,1-3H3;2*1-2H3. The van der Waals surface area contributed by atoms with Crippen molar-refractivity contribution >= 4 is 0 Å². The molecule has 0 aromatic heterocycles. The van der Waals surface area contributed by atoms with E-state index in [4.69, 9.17) is 0 Å². The van der Waals surface area contributed by atoms with Gasteiger partial charge in [0.15, 0.2) is 0 Å². The Morgan fingerprint density at radius 1 is 1.00 bits per heavy atom. The maximum absolute atomic E-state index is 10.7. The predicted octanol–water partition coefficient (Wildman–Crippen LogP) is 7.25. The summed E-state index contributed by atoms with van der Waals surface area (Å²) in [5.41, 5.74) is 3.69. The van der Waals surface area contributed by atoms with E-state index in [1.165, 1.54) is 43.2 Å². The fourth-order valence-corrected chi connectivity index (χ4v) is 4.80. The third kappa shape index (κ3) is 4.77. The van der Waals surface area contributed by atoms with Gasteiger partial charge < -0.3 is 5.11 Å². The summed E-state index contributed by atoms with van der Waals surface area (Å²) in [6, 6.07) is 4.40. The number of hydrogen-bond donors (Lipinski definition) is 1. The van der Waals surface area contributed by atoms with Crippen molar-refractivity contribution in [3.63, 3.8) is 0 Å². The van der Waals surface area contributed by atoms with Crippen LogP contribution in [-0.2, 0) is 6.42 Å². The number of phenolic OH excluding ortho intramolecular Hbond substituents is 1. The molecule has 2 saturated carbocycles. The highest BCUT2D eigenvalue weighted by Gasteiger charge is 2.37. The van der Waals surface area contributed by atoms with Gasteiger partial charge in [0.1, 0.15) is 5.75 Å². The number of benzene rings is 1. The van der Waals surface area contributed by atoms with Gasteiger partial charge in [-0.15, -0.1) is 0 Å². The van der Waals surface area contributed by atoms with E-state index >= 15 is 0 Å². The van der Waals surface area contributed by atoms with Crippen molar-refractivity contribution in [3.05, 3.63) is 28.8 Å². The molecule has 138 valence electrons. The topological polar surface area (TPSA) is 20.2 Å². The van der Waals surface area contributed by atoms with Crippen molar-refractivity contribution in [3.8, 4) is 5.75 Å². The Morgan fingerprint density at radius 3 is 2.29 bits per heavy atom. The zero-order valence-corrected chi connectivity index (χ0v) is 17.2. The molecule has 2 aliphatic rings. The van der Waals surface area contributed by atoms with E-state index in [-0.39, 0.29) is 0 Å². The van der Waals surface area contributed by atoms with Crippen molar-refractivity contribution in [2.75, 3.05) is 0 Å². The summed E-state index contributed by atoms with van der Waals surface area (Å²) in [5, 5.41) is 10.7. The molecule has 0 radical (unpaired) electrons. The largest absolute Gasteiger partial charge is 0.507 e. The van der Waals surface area contributed by atoms with Gasteiger partial charge in [-0.05, 0) is 73.8 Å². The summed E-state index contributed by atoms with van der Waals surface area (Å²) in [7, 11) is 0. The second kappa shape index (κ2) is 10.1. The molecule has 1 nitrogen and oxygen atoms in total. The summed E-state index contributed by atoms with van der Waals surface area (Å²) in [5.74, 6) is 3.75. The van der Waals surface area contributed by atoms with E-state index < -0.39 is 0 Å². The molecule has 1 aromatic rings. The molecular formula is C23H40O. The minimum Gasteiger partial charge on any atom is -0.507 e. The Morgan fingerprint density at radius 2 is 1.67 bits per heavy atom. The summed E-state index contributed by atoms with van der Waals surface area (Å²) in [6.07, 6.45) is 7.77. The zero-order valence-electron chi connectivity index (χ0n) is 17.2. The molecule has 1 aromatic carbocycles. The molecule has 1 heteroatoms. The van der Waals surface area contributed by atoms with Gasteiger partial charge in [-0.1, -0.05) is 65.7 Å². The smallest absolute Gasteiger partial charge is 0.122 e. The molecule has 2 fully saturated rings. The number of aromatic hydroxyl groups is 1. The molecule has 4 atom stereocenters. The van der Waals surface area contributed by atoms with E-state index in [1.54, 1.807) is 0 Å². The maximum Gasteiger partial charge on any atom is 0.122 e. The van der Waals surface area contributed by atoms with Gasteiger partial charge in [0.25, 0.3) is 0 Å². The highest BCUT2D eigenvalue weighted by atomic mass is 16.3. The monoisotopic (exact) mass is 332 g/mol. The van der Waals surface area contributed by atoms with Gasteiger partial charge >= 0.3 is 0 Å². The van der Waals surface area contributed by atoms with Crippen LogP contribution in [0.5, 0.6) is 5.75 Å². The normalized spacial score (nSPS) is 28.1. The average molecular weight is 333 g/mol. The van der Waals surface area contributed by atoms with Gasteiger partial charge in [-0.3, -0.25) is 0 Å². The fraction of sp³-hybridized carbons (Fsp3) is 0.739. The van der Waals surface area contributed by atoms with Crippen LogP contribution in [0.4, 0.5) is 0 Å². The van der Waals surface area contributed by atoms with E-state index in [2.05, 4.69) is 32.9 Å². The van der Waals surface area contributed by atoms with Gasteiger partial charge in [0.05, 0.1) is 0 Å². The Kier molecular flexibility index (Phi) is 8.87. The number of phenols is 1. The second-order valence-electron chi connectivity index (χ2n) is 7.34. The van der Waals surface area contributed by atoms with Crippen LogP contribution < -0.4 is 0 Å². The van der Waals surface area contributed by atoms with Crippen LogP contribution in [-0.4, -0.2) is 5.11 Å². The first-order valence-electron chi connectivity index (χ1n) is 10.4. The summed E-state index contributed by atoms with van der Waals surface area (Å²) < 4.78 is 0. The van der Waals surface area contributed by atoms with Crippen LogP contribution >= 0.6 is 0 Å². The van der Waals surface area contributed by atoms with Crippen LogP contribution in [0, 0.1) is 24.7 Å². The number of fused-ring (bicyclic) bond motifs is 2. The van der Waals surface area contributed by atoms with Crippen molar-refractivity contribution in [2.24, 2.45) is 17.8 Å². The van der Waals surface area contributed by atoms with Gasteiger partial charge in [-0.2, -0.15) is 0 Å². The van der Waals surface area contributed by atoms with Crippen LogP contribution in [0.3, 0.4) is 0 Å². The van der Waals surface area contributed by atoms with E-state index in [1.807, 2.05) is 27.7 Å². The molecule has 4 unspecified atom stereocenters. The Labute approximate surface area is 150 Å². The van der Waals surface area contributed by atoms with Crippen LogP contribution in [0.15, 0.2) is 12.1 Å². The molecule has 0 heterocycles. The van der Waals surface area contributed by atoms with Gasteiger partial charge in [0.2, 0.25) is 0 Å². The molecule has 0 aliphatic heterocycles. The van der Waals surface area contributed by atoms with Crippen molar-refractivity contribution in [2.45, 2.75) is 92.9 Å². The highest BCUT2D eigenvalue weighted by Crippen LogP contribution is 2.51.